The van der Waals surface area contributed by atoms with Crippen LogP contribution in [0.1, 0.15) is 19.8 Å². The summed E-state index contributed by atoms with van der Waals surface area (Å²) in [5, 5.41) is 13.7. The number of aliphatic carboxylic acids is 1. The second kappa shape index (κ2) is 8.32. The summed E-state index contributed by atoms with van der Waals surface area (Å²) in [5.74, 6) is -1.59. The van der Waals surface area contributed by atoms with Crippen molar-refractivity contribution in [3.05, 3.63) is 0 Å². The van der Waals surface area contributed by atoms with Gasteiger partial charge >= 0.3 is 12.0 Å². The molecular formula is C11H21N3O4. The molecule has 7 heteroatoms. The van der Waals surface area contributed by atoms with E-state index in [0.717, 1.165) is 0 Å². The van der Waals surface area contributed by atoms with Crippen LogP contribution in [-0.4, -0.2) is 55.1 Å². The van der Waals surface area contributed by atoms with Crippen LogP contribution < -0.4 is 10.6 Å². The normalized spacial score (nSPS) is 11.5. The van der Waals surface area contributed by atoms with Crippen LogP contribution in [0, 0.1) is 5.92 Å². The van der Waals surface area contributed by atoms with Gasteiger partial charge in [-0.25, -0.2) is 4.79 Å². The van der Waals surface area contributed by atoms with Crippen LogP contribution in [0.25, 0.3) is 0 Å². The van der Waals surface area contributed by atoms with E-state index in [4.69, 9.17) is 5.11 Å². The van der Waals surface area contributed by atoms with Gasteiger partial charge in [-0.15, -0.1) is 0 Å². The third-order valence-corrected chi connectivity index (χ3v) is 2.47. The highest BCUT2D eigenvalue weighted by molar-refractivity contribution is 5.78. The van der Waals surface area contributed by atoms with Gasteiger partial charge < -0.3 is 20.6 Å². The molecule has 0 bridgehead atoms. The van der Waals surface area contributed by atoms with E-state index in [0.29, 0.717) is 6.42 Å². The van der Waals surface area contributed by atoms with Gasteiger partial charge in [0.15, 0.2) is 0 Å². The van der Waals surface area contributed by atoms with Crippen LogP contribution in [0.2, 0.25) is 0 Å². The van der Waals surface area contributed by atoms with Gasteiger partial charge in [0.2, 0.25) is 5.91 Å². The predicted molar refractivity (Wildman–Crippen MR) is 66.1 cm³/mol. The second-order valence-electron chi connectivity index (χ2n) is 4.12. The van der Waals surface area contributed by atoms with Crippen LogP contribution in [0.5, 0.6) is 0 Å². The summed E-state index contributed by atoms with van der Waals surface area (Å²) in [5.41, 5.74) is 0. The summed E-state index contributed by atoms with van der Waals surface area (Å²) in [4.78, 5) is 34.6. The second-order valence-corrected chi connectivity index (χ2v) is 4.12. The molecule has 0 rings (SSSR count). The Hall–Kier alpha value is -1.79. The van der Waals surface area contributed by atoms with E-state index in [2.05, 4.69) is 10.6 Å². The molecule has 3 N–H and O–H groups in total. The monoisotopic (exact) mass is 259 g/mol. The molecule has 0 aromatic heterocycles. The summed E-state index contributed by atoms with van der Waals surface area (Å²) in [7, 11) is 3.28. The number of hydrogen-bond acceptors (Lipinski definition) is 3. The average Bonchev–Trinajstić information content (AvgIpc) is 2.29. The number of hydrogen-bond donors (Lipinski definition) is 3. The van der Waals surface area contributed by atoms with Gasteiger partial charge in [-0.2, -0.15) is 0 Å². The summed E-state index contributed by atoms with van der Waals surface area (Å²) in [6, 6.07) is -0.457. The van der Waals surface area contributed by atoms with Crippen molar-refractivity contribution in [2.24, 2.45) is 5.92 Å². The zero-order valence-electron chi connectivity index (χ0n) is 11.0. The summed E-state index contributed by atoms with van der Waals surface area (Å²) in [6.07, 6.45) is 0.672. The predicted octanol–water partition coefficient (Wildman–Crippen LogP) is -0.125. The quantitative estimate of drug-likeness (QED) is 0.593. The Morgan fingerprint density at radius 2 is 1.83 bits per heavy atom. The number of nitrogens with zero attached hydrogens (tertiary/aromatic N) is 1. The fourth-order valence-electron chi connectivity index (χ4n) is 1.19. The van der Waals surface area contributed by atoms with E-state index >= 15 is 0 Å². The molecule has 7 nitrogen and oxygen atoms in total. The van der Waals surface area contributed by atoms with E-state index in [1.54, 1.807) is 21.0 Å². The van der Waals surface area contributed by atoms with Crippen molar-refractivity contribution in [3.8, 4) is 0 Å². The summed E-state index contributed by atoms with van der Waals surface area (Å²) in [6.45, 7) is 2.06. The molecule has 0 fully saturated rings. The maximum atomic E-state index is 11.3. The number of urea groups is 1. The lowest BCUT2D eigenvalue weighted by Crippen LogP contribution is -2.41. The largest absolute Gasteiger partial charge is 0.481 e. The summed E-state index contributed by atoms with van der Waals surface area (Å²) < 4.78 is 0. The van der Waals surface area contributed by atoms with Crippen molar-refractivity contribution in [1.82, 2.24) is 15.5 Å². The van der Waals surface area contributed by atoms with Crippen molar-refractivity contribution < 1.29 is 19.5 Å². The first-order valence-corrected chi connectivity index (χ1v) is 5.83. The fourth-order valence-corrected chi connectivity index (χ4v) is 1.19. The van der Waals surface area contributed by atoms with Crippen LogP contribution in [0.4, 0.5) is 4.79 Å². The van der Waals surface area contributed by atoms with Crippen molar-refractivity contribution in [3.63, 3.8) is 0 Å². The molecule has 0 radical (unpaired) electrons. The molecule has 0 heterocycles. The fraction of sp³-hybridized carbons (Fsp3) is 0.727. The molecule has 1 unspecified atom stereocenters. The van der Waals surface area contributed by atoms with Crippen molar-refractivity contribution in [1.29, 1.82) is 0 Å². The van der Waals surface area contributed by atoms with Crippen LogP contribution in [-0.2, 0) is 9.59 Å². The van der Waals surface area contributed by atoms with E-state index in [9.17, 15) is 14.4 Å². The van der Waals surface area contributed by atoms with Crippen LogP contribution >= 0.6 is 0 Å². The standard InChI is InChI=1S/C11H21N3O4/c1-4-8(10(16)17)7-13-11(18)12-6-5-9(15)14(2)3/h8H,4-7H2,1-3H3,(H,16,17)(H2,12,13,18). The molecule has 0 saturated carbocycles. The molecule has 0 saturated heterocycles. The van der Waals surface area contributed by atoms with Gasteiger partial charge in [-0.05, 0) is 6.42 Å². The van der Waals surface area contributed by atoms with Crippen molar-refractivity contribution >= 4 is 17.9 Å². The molecular weight excluding hydrogens is 238 g/mol. The lowest BCUT2D eigenvalue weighted by molar-refractivity contribution is -0.141. The highest BCUT2D eigenvalue weighted by Crippen LogP contribution is 1.99. The Balaban J connectivity index is 3.78. The number of rotatable bonds is 7. The minimum Gasteiger partial charge on any atom is -0.481 e. The van der Waals surface area contributed by atoms with Crippen molar-refractivity contribution in [2.45, 2.75) is 19.8 Å². The number of carbonyl (C=O) groups excluding carboxylic acids is 2. The van der Waals surface area contributed by atoms with E-state index in [1.807, 2.05) is 0 Å². The third-order valence-electron chi connectivity index (χ3n) is 2.47. The average molecular weight is 259 g/mol. The van der Waals surface area contributed by atoms with E-state index in [-0.39, 0.29) is 25.4 Å². The third kappa shape index (κ3) is 6.72. The molecule has 3 amide bonds. The maximum absolute atomic E-state index is 11.3. The Bertz CT molecular complexity index is 305. The smallest absolute Gasteiger partial charge is 0.314 e. The first kappa shape index (κ1) is 16.2. The summed E-state index contributed by atoms with van der Waals surface area (Å²) >= 11 is 0. The Morgan fingerprint density at radius 1 is 1.22 bits per heavy atom. The zero-order valence-corrected chi connectivity index (χ0v) is 11.0. The molecule has 0 aliphatic rings. The number of carboxylic acid groups (broad SMARTS) is 1. The zero-order chi connectivity index (χ0) is 14.1. The maximum Gasteiger partial charge on any atom is 0.314 e. The molecule has 0 aliphatic carbocycles. The first-order valence-electron chi connectivity index (χ1n) is 5.83. The Labute approximate surface area is 107 Å². The van der Waals surface area contributed by atoms with Gasteiger partial charge in [0.05, 0.1) is 5.92 Å². The molecule has 0 aliphatic heterocycles. The molecule has 0 aromatic rings. The van der Waals surface area contributed by atoms with Gasteiger partial charge in [0, 0.05) is 33.6 Å². The highest BCUT2D eigenvalue weighted by Gasteiger charge is 2.15. The topological polar surface area (TPSA) is 98.7 Å². The van der Waals surface area contributed by atoms with Gasteiger partial charge in [-0.3, -0.25) is 9.59 Å². The van der Waals surface area contributed by atoms with Crippen LogP contribution in [0.3, 0.4) is 0 Å². The van der Waals surface area contributed by atoms with Gasteiger partial charge in [-0.1, -0.05) is 6.92 Å². The number of nitrogens with one attached hydrogen (secondary N) is 2. The lowest BCUT2D eigenvalue weighted by atomic mass is 10.1. The Kier molecular flexibility index (Phi) is 7.50. The Morgan fingerprint density at radius 3 is 2.28 bits per heavy atom. The number of carboxylic acids is 1. The lowest BCUT2D eigenvalue weighted by Gasteiger charge is -2.13. The molecule has 0 aromatic carbocycles. The van der Waals surface area contributed by atoms with Gasteiger partial charge in [0.1, 0.15) is 0 Å². The van der Waals surface area contributed by atoms with E-state index < -0.39 is 17.9 Å². The minimum atomic E-state index is -0.930. The number of carbonyl (C=O) groups is 3. The molecule has 104 valence electrons. The number of amides is 3. The molecule has 0 spiro atoms. The van der Waals surface area contributed by atoms with Crippen LogP contribution in [0.15, 0.2) is 0 Å². The minimum absolute atomic E-state index is 0.0766. The molecule has 18 heavy (non-hydrogen) atoms. The van der Waals surface area contributed by atoms with Gasteiger partial charge in [0.25, 0.3) is 0 Å². The molecule has 1 atom stereocenters. The SMILES string of the molecule is CCC(CNC(=O)NCCC(=O)N(C)C)C(=O)O. The highest BCUT2D eigenvalue weighted by atomic mass is 16.4. The van der Waals surface area contributed by atoms with Crippen molar-refractivity contribution in [2.75, 3.05) is 27.2 Å². The van der Waals surface area contributed by atoms with E-state index in [1.165, 1.54) is 4.90 Å². The first-order chi connectivity index (χ1) is 8.38.